The van der Waals surface area contributed by atoms with Crippen LogP contribution < -0.4 is 9.47 Å². The van der Waals surface area contributed by atoms with Gasteiger partial charge in [-0.25, -0.2) is 4.39 Å². The Bertz CT molecular complexity index is 1100. The molecule has 0 saturated carbocycles. The number of rotatable bonds is 4. The van der Waals surface area contributed by atoms with E-state index >= 15 is 0 Å². The molecule has 4 rings (SSSR count). The van der Waals surface area contributed by atoms with E-state index in [-0.39, 0.29) is 29.4 Å². The summed E-state index contributed by atoms with van der Waals surface area (Å²) in [5.41, 5.74) is 1.11. The van der Waals surface area contributed by atoms with E-state index in [0.717, 1.165) is 5.56 Å². The summed E-state index contributed by atoms with van der Waals surface area (Å²) in [6.45, 7) is 1.68. The van der Waals surface area contributed by atoms with Gasteiger partial charge in [0, 0.05) is 17.6 Å². The molecule has 0 bridgehead atoms. The van der Waals surface area contributed by atoms with Crippen molar-refractivity contribution in [1.82, 2.24) is 4.98 Å². The minimum atomic E-state index is -3.91. The summed E-state index contributed by atoms with van der Waals surface area (Å²) in [7, 11) is -3.91. The molecule has 0 aliphatic carbocycles. The molecular weight excluding hydrogens is 373 g/mol. The average molecular weight is 389 g/mol. The van der Waals surface area contributed by atoms with Gasteiger partial charge >= 0.3 is 0 Å². The number of hydrogen-bond acceptors (Lipinski definition) is 6. The number of aryl methyl sites for hydroxylation is 1. The summed E-state index contributed by atoms with van der Waals surface area (Å²) in [5.74, 6) is 0.0716. The molecule has 1 aromatic heterocycles. The molecule has 1 aliphatic heterocycles. The first-order valence-corrected chi connectivity index (χ1v) is 9.68. The fourth-order valence-corrected chi connectivity index (χ4v) is 3.73. The number of pyridine rings is 1. The molecule has 140 valence electrons. The van der Waals surface area contributed by atoms with Crippen LogP contribution in [0.5, 0.6) is 11.5 Å². The van der Waals surface area contributed by atoms with E-state index < -0.39 is 22.0 Å². The predicted molar refractivity (Wildman–Crippen MR) is 95.9 cm³/mol. The Morgan fingerprint density at radius 3 is 2.81 bits per heavy atom. The van der Waals surface area contributed by atoms with Crippen LogP contribution in [0.2, 0.25) is 0 Å². The van der Waals surface area contributed by atoms with Crippen molar-refractivity contribution < 1.29 is 26.5 Å². The van der Waals surface area contributed by atoms with Gasteiger partial charge in [0.1, 0.15) is 18.7 Å². The highest BCUT2D eigenvalue weighted by molar-refractivity contribution is 7.86. The summed E-state index contributed by atoms with van der Waals surface area (Å²) < 4.78 is 55.2. The van der Waals surface area contributed by atoms with Crippen LogP contribution >= 0.6 is 0 Å². The molecule has 27 heavy (non-hydrogen) atoms. The van der Waals surface area contributed by atoms with Crippen LogP contribution in [0.3, 0.4) is 0 Å². The first-order chi connectivity index (χ1) is 12.9. The smallest absolute Gasteiger partial charge is 0.297 e. The number of halogens is 1. The average Bonchev–Trinajstić information content (AvgIpc) is 2.67. The van der Waals surface area contributed by atoms with Gasteiger partial charge in [0.25, 0.3) is 10.1 Å². The van der Waals surface area contributed by atoms with Crippen molar-refractivity contribution in [2.75, 3.05) is 13.2 Å². The summed E-state index contributed by atoms with van der Waals surface area (Å²) in [5, 5.41) is 0.457. The maximum atomic E-state index is 14.1. The van der Waals surface area contributed by atoms with E-state index in [1.165, 1.54) is 24.4 Å². The number of ether oxygens (including phenoxy) is 2. The Kier molecular flexibility index (Phi) is 4.45. The minimum Gasteiger partial charge on any atom is -0.486 e. The maximum Gasteiger partial charge on any atom is 0.297 e. The second kappa shape index (κ2) is 6.79. The number of fused-ring (bicyclic) bond motifs is 3. The lowest BCUT2D eigenvalue weighted by atomic mass is 10.1. The Morgan fingerprint density at radius 1 is 1.26 bits per heavy atom. The molecule has 1 unspecified atom stereocenters. The molecule has 0 spiro atoms. The van der Waals surface area contributed by atoms with Crippen molar-refractivity contribution in [1.29, 1.82) is 0 Å². The minimum absolute atomic E-state index is 0.0433. The number of hydrogen-bond donors (Lipinski definition) is 0. The molecule has 0 fully saturated rings. The van der Waals surface area contributed by atoms with Gasteiger partial charge in [0.2, 0.25) is 0 Å². The van der Waals surface area contributed by atoms with Crippen LogP contribution in [0.4, 0.5) is 4.39 Å². The standard InChI is InChI=1S/C19H16FNO5S/c1-12-4-6-14(7-5-12)27(22,23)25-11-13-10-24-17-9-16(20)18-15(19(17)26-13)3-2-8-21-18/h2-9,13H,10-11H2,1H3. The van der Waals surface area contributed by atoms with Gasteiger partial charge in [-0.1, -0.05) is 17.7 Å². The van der Waals surface area contributed by atoms with Crippen molar-refractivity contribution in [3.63, 3.8) is 0 Å². The van der Waals surface area contributed by atoms with Crippen LogP contribution in [0.25, 0.3) is 10.9 Å². The third-order valence-electron chi connectivity index (χ3n) is 4.19. The van der Waals surface area contributed by atoms with Gasteiger partial charge < -0.3 is 9.47 Å². The molecule has 0 radical (unpaired) electrons. The predicted octanol–water partition coefficient (Wildman–Crippen LogP) is 3.23. The zero-order valence-electron chi connectivity index (χ0n) is 14.4. The number of aromatic nitrogens is 1. The molecule has 2 aromatic carbocycles. The summed E-state index contributed by atoms with van der Waals surface area (Å²) >= 11 is 0. The van der Waals surface area contributed by atoms with E-state index in [4.69, 9.17) is 13.7 Å². The third-order valence-corrected chi connectivity index (χ3v) is 5.48. The fourth-order valence-electron chi connectivity index (χ4n) is 2.79. The van der Waals surface area contributed by atoms with Crippen LogP contribution in [-0.2, 0) is 14.3 Å². The highest BCUT2D eigenvalue weighted by Crippen LogP contribution is 2.39. The number of nitrogens with zero attached hydrogens (tertiary/aromatic N) is 1. The summed E-state index contributed by atoms with van der Waals surface area (Å²) in [6.07, 6.45) is 0.822. The van der Waals surface area contributed by atoms with E-state index in [1.807, 2.05) is 6.92 Å². The van der Waals surface area contributed by atoms with Crippen LogP contribution in [0.1, 0.15) is 5.56 Å². The van der Waals surface area contributed by atoms with Gasteiger partial charge in [0.15, 0.2) is 23.4 Å². The van der Waals surface area contributed by atoms with Gasteiger partial charge in [-0.15, -0.1) is 0 Å². The Labute approximate surface area is 155 Å². The van der Waals surface area contributed by atoms with Crippen molar-refractivity contribution in [3.8, 4) is 11.5 Å². The van der Waals surface area contributed by atoms with Crippen LogP contribution in [0, 0.1) is 12.7 Å². The van der Waals surface area contributed by atoms with E-state index in [2.05, 4.69) is 4.98 Å². The van der Waals surface area contributed by atoms with Gasteiger partial charge in [0.05, 0.1) is 4.90 Å². The van der Waals surface area contributed by atoms with Gasteiger partial charge in [-0.3, -0.25) is 9.17 Å². The van der Waals surface area contributed by atoms with Crippen molar-refractivity contribution >= 4 is 21.0 Å². The lowest BCUT2D eigenvalue weighted by Crippen LogP contribution is -2.34. The lowest BCUT2D eigenvalue weighted by molar-refractivity contribution is 0.0568. The lowest BCUT2D eigenvalue weighted by Gasteiger charge is -2.27. The van der Waals surface area contributed by atoms with Crippen molar-refractivity contribution in [2.45, 2.75) is 17.9 Å². The number of benzene rings is 2. The Morgan fingerprint density at radius 2 is 2.04 bits per heavy atom. The van der Waals surface area contributed by atoms with Crippen LogP contribution in [0.15, 0.2) is 53.6 Å². The largest absolute Gasteiger partial charge is 0.486 e. The molecule has 3 aromatic rings. The van der Waals surface area contributed by atoms with Gasteiger partial charge in [-0.2, -0.15) is 8.42 Å². The molecule has 1 aliphatic rings. The van der Waals surface area contributed by atoms with Crippen LogP contribution in [-0.4, -0.2) is 32.7 Å². The second-order valence-corrected chi connectivity index (χ2v) is 7.80. The molecule has 6 nitrogen and oxygen atoms in total. The van der Waals surface area contributed by atoms with Gasteiger partial charge in [-0.05, 0) is 31.2 Å². The fraction of sp³-hybridized carbons (Fsp3) is 0.211. The molecule has 0 N–H and O–H groups in total. The normalized spacial score (nSPS) is 16.4. The molecule has 2 heterocycles. The monoisotopic (exact) mass is 389 g/mol. The molecule has 0 saturated heterocycles. The summed E-state index contributed by atoms with van der Waals surface area (Å²) in [4.78, 5) is 4.08. The Balaban J connectivity index is 1.53. The first kappa shape index (κ1) is 17.7. The molecule has 8 heteroatoms. The zero-order chi connectivity index (χ0) is 19.0. The first-order valence-electron chi connectivity index (χ1n) is 8.27. The Hall–Kier alpha value is -2.71. The highest BCUT2D eigenvalue weighted by atomic mass is 32.2. The molecule has 0 amide bonds. The van der Waals surface area contributed by atoms with E-state index in [0.29, 0.717) is 11.1 Å². The van der Waals surface area contributed by atoms with E-state index in [9.17, 15) is 12.8 Å². The second-order valence-electron chi connectivity index (χ2n) is 6.19. The highest BCUT2D eigenvalue weighted by Gasteiger charge is 2.27. The SMILES string of the molecule is Cc1ccc(S(=O)(=O)OCC2COc3cc(F)c4ncccc4c3O2)cc1. The van der Waals surface area contributed by atoms with E-state index in [1.54, 1.807) is 24.3 Å². The summed E-state index contributed by atoms with van der Waals surface area (Å²) in [6, 6.07) is 10.9. The topological polar surface area (TPSA) is 74.7 Å². The van der Waals surface area contributed by atoms with Crippen molar-refractivity contribution in [2.24, 2.45) is 0 Å². The zero-order valence-corrected chi connectivity index (χ0v) is 15.2. The third kappa shape index (κ3) is 3.45. The maximum absolute atomic E-state index is 14.1. The molecular formula is C19H16FNO5S. The molecule has 1 atom stereocenters. The van der Waals surface area contributed by atoms with Crippen molar-refractivity contribution in [3.05, 3.63) is 60.0 Å². The quantitative estimate of drug-likeness (QED) is 0.638.